The summed E-state index contributed by atoms with van der Waals surface area (Å²) in [5, 5.41) is 13.7. The van der Waals surface area contributed by atoms with Crippen LogP contribution in [0.25, 0.3) is 0 Å². The van der Waals surface area contributed by atoms with Crippen molar-refractivity contribution >= 4 is 40.7 Å². The summed E-state index contributed by atoms with van der Waals surface area (Å²) in [6.45, 7) is 3.05. The Morgan fingerprint density at radius 3 is 3.07 bits per heavy atom. The van der Waals surface area contributed by atoms with Gasteiger partial charge in [0.15, 0.2) is 10.0 Å². The van der Waals surface area contributed by atoms with Crippen LogP contribution in [0, 0.1) is 12.7 Å². The molecule has 2 N–H and O–H groups in total. The molecule has 1 amide bonds. The number of carbonyl (C=O) groups is 2. The maximum Gasteiger partial charge on any atom is 0.355 e. The molecule has 0 saturated carbocycles. The molecule has 1 unspecified atom stereocenters. The van der Waals surface area contributed by atoms with Crippen molar-refractivity contribution in [2.45, 2.75) is 30.1 Å². The number of halogens is 1. The molecule has 1 atom stereocenters. The molecule has 0 bridgehead atoms. The molecule has 0 radical (unpaired) electrons. The third kappa shape index (κ3) is 4.98. The standard InChI is InChI=1S/C18H20FN3O3S2/c1-11-2-3-12(19)8-14(11)20-9-13-4-5-16(23)22(13)6-7-26-18-21-15(10-27-18)17(24)25/h2-3,8,10,13,20H,4-7,9H2,1H3,(H,24,25). The number of hydrogen-bond donors (Lipinski definition) is 2. The van der Waals surface area contributed by atoms with Crippen molar-refractivity contribution in [1.29, 1.82) is 0 Å². The van der Waals surface area contributed by atoms with Gasteiger partial charge in [-0.25, -0.2) is 14.2 Å². The second-order valence-electron chi connectivity index (χ2n) is 6.27. The van der Waals surface area contributed by atoms with Crippen LogP contribution >= 0.6 is 23.1 Å². The molecule has 144 valence electrons. The molecule has 27 heavy (non-hydrogen) atoms. The van der Waals surface area contributed by atoms with Gasteiger partial charge in [-0.05, 0) is 31.0 Å². The Morgan fingerprint density at radius 1 is 1.52 bits per heavy atom. The molecule has 1 aliphatic heterocycles. The van der Waals surface area contributed by atoms with Gasteiger partial charge in [0.2, 0.25) is 5.91 Å². The lowest BCUT2D eigenvalue weighted by atomic mass is 10.1. The lowest BCUT2D eigenvalue weighted by Crippen LogP contribution is -2.39. The Labute approximate surface area is 164 Å². The largest absolute Gasteiger partial charge is 0.476 e. The molecule has 2 heterocycles. The summed E-state index contributed by atoms with van der Waals surface area (Å²) in [7, 11) is 0. The van der Waals surface area contributed by atoms with E-state index < -0.39 is 5.97 Å². The summed E-state index contributed by atoms with van der Waals surface area (Å²) >= 11 is 2.74. The predicted molar refractivity (Wildman–Crippen MR) is 104 cm³/mol. The van der Waals surface area contributed by atoms with Crippen LogP contribution in [0.4, 0.5) is 10.1 Å². The van der Waals surface area contributed by atoms with Gasteiger partial charge in [-0.15, -0.1) is 11.3 Å². The van der Waals surface area contributed by atoms with Crippen molar-refractivity contribution < 1.29 is 19.1 Å². The molecule has 1 aliphatic rings. The summed E-state index contributed by atoms with van der Waals surface area (Å²) in [6, 6.07) is 4.68. The van der Waals surface area contributed by atoms with Crippen molar-refractivity contribution in [2.24, 2.45) is 0 Å². The second-order valence-corrected chi connectivity index (χ2v) is 8.47. The van der Waals surface area contributed by atoms with Crippen LogP contribution in [0.2, 0.25) is 0 Å². The highest BCUT2D eigenvalue weighted by atomic mass is 32.2. The molecular formula is C18H20FN3O3S2. The molecule has 1 aromatic carbocycles. The monoisotopic (exact) mass is 409 g/mol. The number of carboxylic acids is 1. The van der Waals surface area contributed by atoms with Crippen molar-refractivity contribution in [1.82, 2.24) is 9.88 Å². The third-order valence-corrected chi connectivity index (χ3v) is 6.44. The normalized spacial score (nSPS) is 16.7. The van der Waals surface area contributed by atoms with Gasteiger partial charge in [0.25, 0.3) is 0 Å². The first-order valence-electron chi connectivity index (χ1n) is 8.55. The van der Waals surface area contributed by atoms with E-state index in [9.17, 15) is 14.0 Å². The van der Waals surface area contributed by atoms with Crippen LogP contribution in [0.5, 0.6) is 0 Å². The van der Waals surface area contributed by atoms with Crippen molar-refractivity contribution in [2.75, 3.05) is 24.2 Å². The summed E-state index contributed by atoms with van der Waals surface area (Å²) in [5.41, 5.74) is 1.75. The molecule has 1 aromatic heterocycles. The number of thioether (sulfide) groups is 1. The SMILES string of the molecule is Cc1ccc(F)cc1NCC1CCC(=O)N1CCSc1nc(C(=O)O)cs1. The first-order valence-corrected chi connectivity index (χ1v) is 10.4. The number of carboxylic acid groups (broad SMARTS) is 1. The van der Waals surface area contributed by atoms with Gasteiger partial charge in [-0.1, -0.05) is 17.8 Å². The molecule has 9 heteroatoms. The summed E-state index contributed by atoms with van der Waals surface area (Å²) in [5.74, 6) is -0.563. The summed E-state index contributed by atoms with van der Waals surface area (Å²) in [4.78, 5) is 28.9. The van der Waals surface area contributed by atoms with Gasteiger partial charge in [0, 0.05) is 42.4 Å². The number of anilines is 1. The van der Waals surface area contributed by atoms with Crippen LogP contribution in [0.1, 0.15) is 28.9 Å². The fraction of sp³-hybridized carbons (Fsp3) is 0.389. The first kappa shape index (κ1) is 19.6. The van der Waals surface area contributed by atoms with Crippen LogP contribution in [-0.2, 0) is 4.79 Å². The molecule has 2 aromatic rings. The van der Waals surface area contributed by atoms with Crippen molar-refractivity contribution in [3.63, 3.8) is 0 Å². The Hall–Kier alpha value is -2.13. The number of nitrogens with one attached hydrogen (secondary N) is 1. The Bertz CT molecular complexity index is 843. The minimum Gasteiger partial charge on any atom is -0.476 e. The zero-order chi connectivity index (χ0) is 19.4. The lowest BCUT2D eigenvalue weighted by molar-refractivity contribution is -0.128. The summed E-state index contributed by atoms with van der Waals surface area (Å²) < 4.78 is 14.1. The quantitative estimate of drug-likeness (QED) is 0.650. The average molecular weight is 410 g/mol. The maximum absolute atomic E-state index is 13.4. The van der Waals surface area contributed by atoms with Gasteiger partial charge in [-0.2, -0.15) is 0 Å². The zero-order valence-corrected chi connectivity index (χ0v) is 16.4. The van der Waals surface area contributed by atoms with Gasteiger partial charge in [-0.3, -0.25) is 4.79 Å². The van der Waals surface area contributed by atoms with Crippen LogP contribution in [0.3, 0.4) is 0 Å². The highest BCUT2D eigenvalue weighted by Gasteiger charge is 2.30. The number of aryl methyl sites for hydroxylation is 1. The van der Waals surface area contributed by atoms with Gasteiger partial charge >= 0.3 is 5.97 Å². The minimum absolute atomic E-state index is 0.0484. The molecular weight excluding hydrogens is 389 g/mol. The Balaban J connectivity index is 1.52. The molecule has 1 fully saturated rings. The van der Waals surface area contributed by atoms with Crippen LogP contribution in [-0.4, -0.2) is 51.8 Å². The average Bonchev–Trinajstić information content (AvgIpc) is 3.24. The second kappa shape index (κ2) is 8.71. The number of hydrogen-bond acceptors (Lipinski definition) is 6. The third-order valence-electron chi connectivity index (χ3n) is 4.44. The van der Waals surface area contributed by atoms with E-state index >= 15 is 0 Å². The highest BCUT2D eigenvalue weighted by Crippen LogP contribution is 2.25. The zero-order valence-electron chi connectivity index (χ0n) is 14.8. The van der Waals surface area contributed by atoms with E-state index in [2.05, 4.69) is 10.3 Å². The number of amides is 1. The number of thiazole rings is 1. The number of likely N-dealkylation sites (tertiary alicyclic amines) is 1. The number of rotatable bonds is 8. The van der Waals surface area contributed by atoms with Crippen molar-refractivity contribution in [3.05, 3.63) is 40.7 Å². The van der Waals surface area contributed by atoms with Gasteiger partial charge in [0.05, 0.1) is 0 Å². The lowest BCUT2D eigenvalue weighted by Gasteiger charge is -2.25. The Kier molecular flexibility index (Phi) is 6.33. The van der Waals surface area contributed by atoms with Gasteiger partial charge < -0.3 is 15.3 Å². The molecule has 0 spiro atoms. The number of nitrogens with zero attached hydrogens (tertiary/aromatic N) is 2. The van der Waals surface area contributed by atoms with E-state index in [1.165, 1.54) is 40.6 Å². The molecule has 6 nitrogen and oxygen atoms in total. The fourth-order valence-corrected chi connectivity index (χ4v) is 4.79. The van der Waals surface area contributed by atoms with E-state index in [-0.39, 0.29) is 23.5 Å². The van der Waals surface area contributed by atoms with E-state index in [4.69, 9.17) is 5.11 Å². The van der Waals surface area contributed by atoms with E-state index in [1.807, 2.05) is 11.8 Å². The number of aromatic nitrogens is 1. The van der Waals surface area contributed by atoms with Crippen LogP contribution in [0.15, 0.2) is 27.9 Å². The summed E-state index contributed by atoms with van der Waals surface area (Å²) in [6.07, 6.45) is 1.28. The maximum atomic E-state index is 13.4. The molecule has 1 saturated heterocycles. The van der Waals surface area contributed by atoms with E-state index in [1.54, 1.807) is 6.07 Å². The Morgan fingerprint density at radius 2 is 2.33 bits per heavy atom. The predicted octanol–water partition coefficient (Wildman–Crippen LogP) is 3.48. The smallest absolute Gasteiger partial charge is 0.355 e. The minimum atomic E-state index is -1.04. The molecule has 0 aliphatic carbocycles. The number of aromatic carboxylic acids is 1. The van der Waals surface area contributed by atoms with E-state index in [0.717, 1.165) is 17.7 Å². The number of carbonyl (C=O) groups excluding carboxylic acids is 1. The van der Waals surface area contributed by atoms with Crippen molar-refractivity contribution in [3.8, 4) is 0 Å². The van der Waals surface area contributed by atoms with Gasteiger partial charge in [0.1, 0.15) is 5.82 Å². The fourth-order valence-electron chi connectivity index (χ4n) is 2.98. The van der Waals surface area contributed by atoms with Crippen LogP contribution < -0.4 is 5.32 Å². The highest BCUT2D eigenvalue weighted by molar-refractivity contribution is 8.01. The van der Waals surface area contributed by atoms with E-state index in [0.29, 0.717) is 29.6 Å². The molecule has 3 rings (SSSR count). The first-order chi connectivity index (χ1) is 12.9. The topological polar surface area (TPSA) is 82.5 Å². The number of benzene rings is 1.